The molecule has 0 saturated carbocycles. The predicted molar refractivity (Wildman–Crippen MR) is 131 cm³/mol. The van der Waals surface area contributed by atoms with E-state index in [4.69, 9.17) is 0 Å². The zero-order valence-electron chi connectivity index (χ0n) is 20.0. The van der Waals surface area contributed by atoms with Crippen LogP contribution in [0, 0.1) is 17.8 Å². The molecule has 2 fully saturated rings. The van der Waals surface area contributed by atoms with Gasteiger partial charge in [0.1, 0.15) is 5.54 Å². The molecule has 3 amide bonds. The number of para-hydroxylation sites is 1. The SMILES string of the molecule is C=C(C)CN1C(=O)[C@]2(N[C@H](CC(C)C)[C@@H]3C(=O)N(Cc4ccccc4)C(=O)[C@@H]32)c2ccccc21. The number of carbonyl (C=O) groups excluding carboxylic acids is 3. The van der Waals surface area contributed by atoms with Gasteiger partial charge in [0.05, 0.1) is 18.4 Å². The number of fused-ring (bicyclic) bond motifs is 4. The number of nitrogens with zero attached hydrogens (tertiary/aromatic N) is 2. The number of benzene rings is 2. The van der Waals surface area contributed by atoms with Crippen molar-refractivity contribution in [3.63, 3.8) is 0 Å². The molecule has 0 aromatic heterocycles. The summed E-state index contributed by atoms with van der Waals surface area (Å²) in [5.74, 6) is -1.65. The van der Waals surface area contributed by atoms with Crippen LogP contribution in [0.25, 0.3) is 0 Å². The van der Waals surface area contributed by atoms with Crippen LogP contribution in [0.4, 0.5) is 5.69 Å². The predicted octanol–water partition coefficient (Wildman–Crippen LogP) is 3.62. The lowest BCUT2D eigenvalue weighted by Crippen LogP contribution is -2.55. The van der Waals surface area contributed by atoms with Gasteiger partial charge in [0.2, 0.25) is 11.8 Å². The number of carbonyl (C=O) groups is 3. The van der Waals surface area contributed by atoms with Crippen LogP contribution in [-0.2, 0) is 26.5 Å². The summed E-state index contributed by atoms with van der Waals surface area (Å²) >= 11 is 0. The number of amides is 3. The normalized spacial score (nSPS) is 27.8. The summed E-state index contributed by atoms with van der Waals surface area (Å²) in [6, 6.07) is 16.9. The molecule has 4 atom stereocenters. The average molecular weight is 458 g/mol. The van der Waals surface area contributed by atoms with Crippen LogP contribution in [0.3, 0.4) is 0 Å². The maximum Gasteiger partial charge on any atom is 0.253 e. The van der Waals surface area contributed by atoms with Gasteiger partial charge in [0, 0.05) is 23.8 Å². The molecular formula is C28H31N3O3. The second-order valence-corrected chi connectivity index (χ2v) is 10.3. The van der Waals surface area contributed by atoms with Gasteiger partial charge in [-0.3, -0.25) is 24.6 Å². The van der Waals surface area contributed by atoms with Gasteiger partial charge in [-0.2, -0.15) is 0 Å². The minimum absolute atomic E-state index is 0.166. The number of rotatable bonds is 6. The molecule has 176 valence electrons. The second kappa shape index (κ2) is 8.20. The fraction of sp³-hybridized carbons (Fsp3) is 0.393. The van der Waals surface area contributed by atoms with Crippen molar-refractivity contribution in [1.82, 2.24) is 10.2 Å². The third-order valence-corrected chi connectivity index (χ3v) is 7.29. The van der Waals surface area contributed by atoms with Gasteiger partial charge in [-0.1, -0.05) is 74.5 Å². The van der Waals surface area contributed by atoms with E-state index in [1.54, 1.807) is 4.90 Å². The Bertz CT molecular complexity index is 1170. The first-order valence-corrected chi connectivity index (χ1v) is 12.0. The molecule has 2 aromatic carbocycles. The minimum atomic E-state index is -1.24. The standard InChI is InChI=1S/C28H31N3O3/c1-17(2)14-21-23-24(26(33)31(25(23)32)16-19-10-6-5-7-11-19)28(29-21)20-12-8-9-13-22(20)30(27(28)34)15-18(3)4/h5-13,17,21,23-24,29H,3,14-16H2,1-2,4H3/t21-,23+,24-,28+/m1/s1. The fourth-order valence-electron chi connectivity index (χ4n) is 6.07. The lowest BCUT2D eigenvalue weighted by molar-refractivity contribution is -0.143. The van der Waals surface area contributed by atoms with E-state index < -0.39 is 17.4 Å². The molecule has 3 heterocycles. The molecule has 0 bridgehead atoms. The van der Waals surface area contributed by atoms with E-state index in [0.717, 1.165) is 22.4 Å². The number of likely N-dealkylation sites (tertiary alicyclic amines) is 1. The van der Waals surface area contributed by atoms with E-state index in [2.05, 4.69) is 25.7 Å². The topological polar surface area (TPSA) is 69.7 Å². The van der Waals surface area contributed by atoms with E-state index in [-0.39, 0.29) is 30.3 Å². The van der Waals surface area contributed by atoms with Crippen molar-refractivity contribution in [2.75, 3.05) is 11.4 Å². The molecule has 3 aliphatic heterocycles. The van der Waals surface area contributed by atoms with E-state index in [1.165, 1.54) is 4.90 Å². The van der Waals surface area contributed by atoms with Crippen molar-refractivity contribution in [1.29, 1.82) is 0 Å². The van der Waals surface area contributed by atoms with E-state index in [0.29, 0.717) is 18.9 Å². The van der Waals surface area contributed by atoms with Crippen molar-refractivity contribution in [2.24, 2.45) is 17.8 Å². The van der Waals surface area contributed by atoms with Crippen molar-refractivity contribution in [3.05, 3.63) is 77.9 Å². The van der Waals surface area contributed by atoms with Crippen molar-refractivity contribution >= 4 is 23.4 Å². The molecule has 6 heteroatoms. The molecule has 6 nitrogen and oxygen atoms in total. The van der Waals surface area contributed by atoms with Gasteiger partial charge in [0.15, 0.2) is 0 Å². The second-order valence-electron chi connectivity index (χ2n) is 10.3. The number of hydrogen-bond acceptors (Lipinski definition) is 4. The third kappa shape index (κ3) is 3.23. The Labute approximate surface area is 200 Å². The maximum atomic E-state index is 14.2. The van der Waals surface area contributed by atoms with Crippen LogP contribution in [-0.4, -0.2) is 35.2 Å². The molecule has 2 saturated heterocycles. The van der Waals surface area contributed by atoms with Gasteiger partial charge in [-0.25, -0.2) is 0 Å². The van der Waals surface area contributed by atoms with Crippen molar-refractivity contribution in [2.45, 2.75) is 45.3 Å². The third-order valence-electron chi connectivity index (χ3n) is 7.29. The number of nitrogens with one attached hydrogen (secondary N) is 1. The molecule has 2 aromatic rings. The first-order valence-electron chi connectivity index (χ1n) is 12.0. The quantitative estimate of drug-likeness (QED) is 0.531. The Hall–Kier alpha value is -3.25. The van der Waals surface area contributed by atoms with Crippen LogP contribution in [0.1, 0.15) is 38.3 Å². The van der Waals surface area contributed by atoms with Crippen LogP contribution in [0.15, 0.2) is 66.7 Å². The van der Waals surface area contributed by atoms with Crippen molar-refractivity contribution in [3.8, 4) is 0 Å². The molecule has 5 rings (SSSR count). The minimum Gasteiger partial charge on any atom is -0.306 e. The highest BCUT2D eigenvalue weighted by Crippen LogP contribution is 2.55. The summed E-state index contributed by atoms with van der Waals surface area (Å²) in [7, 11) is 0. The largest absolute Gasteiger partial charge is 0.306 e. The molecule has 0 radical (unpaired) electrons. The maximum absolute atomic E-state index is 14.2. The molecule has 0 unspecified atom stereocenters. The Morgan fingerprint density at radius 1 is 1.00 bits per heavy atom. The summed E-state index contributed by atoms with van der Waals surface area (Å²) in [6.07, 6.45) is 0.705. The number of anilines is 1. The Morgan fingerprint density at radius 3 is 2.35 bits per heavy atom. The van der Waals surface area contributed by atoms with Crippen molar-refractivity contribution < 1.29 is 14.4 Å². The van der Waals surface area contributed by atoms with Gasteiger partial charge in [0.25, 0.3) is 5.91 Å². The smallest absolute Gasteiger partial charge is 0.253 e. The van der Waals surface area contributed by atoms with Gasteiger partial charge in [-0.15, -0.1) is 0 Å². The van der Waals surface area contributed by atoms with E-state index in [9.17, 15) is 14.4 Å². The highest BCUT2D eigenvalue weighted by molar-refractivity contribution is 6.16. The van der Waals surface area contributed by atoms with Crippen LogP contribution < -0.4 is 10.2 Å². The van der Waals surface area contributed by atoms with Gasteiger partial charge in [-0.05, 0) is 30.9 Å². The lowest BCUT2D eigenvalue weighted by atomic mass is 9.76. The van der Waals surface area contributed by atoms with Gasteiger partial charge < -0.3 is 4.90 Å². The van der Waals surface area contributed by atoms with E-state index >= 15 is 0 Å². The summed E-state index contributed by atoms with van der Waals surface area (Å²) in [6.45, 7) is 10.7. The van der Waals surface area contributed by atoms with Gasteiger partial charge >= 0.3 is 0 Å². The molecule has 1 spiro atoms. The highest BCUT2D eigenvalue weighted by Gasteiger charge is 2.71. The molecule has 3 aliphatic rings. The zero-order chi connectivity index (χ0) is 24.2. The Balaban J connectivity index is 1.62. The molecular weight excluding hydrogens is 426 g/mol. The molecule has 1 N–H and O–H groups in total. The fourth-order valence-corrected chi connectivity index (χ4v) is 6.07. The zero-order valence-corrected chi connectivity index (χ0v) is 20.0. The number of imide groups is 1. The Morgan fingerprint density at radius 2 is 1.68 bits per heavy atom. The summed E-state index contributed by atoms with van der Waals surface area (Å²) < 4.78 is 0. The average Bonchev–Trinajstić information content (AvgIpc) is 3.34. The summed E-state index contributed by atoms with van der Waals surface area (Å²) in [4.78, 5) is 44.9. The Kier molecular flexibility index (Phi) is 5.44. The summed E-state index contributed by atoms with van der Waals surface area (Å²) in [5.41, 5.74) is 2.08. The van der Waals surface area contributed by atoms with Crippen LogP contribution in [0.5, 0.6) is 0 Å². The monoisotopic (exact) mass is 457 g/mol. The van der Waals surface area contributed by atoms with Crippen LogP contribution in [0.2, 0.25) is 0 Å². The summed E-state index contributed by atoms with van der Waals surface area (Å²) in [5, 5.41) is 3.56. The first-order chi connectivity index (χ1) is 16.3. The highest BCUT2D eigenvalue weighted by atomic mass is 16.2. The van der Waals surface area contributed by atoms with E-state index in [1.807, 2.05) is 61.5 Å². The molecule has 34 heavy (non-hydrogen) atoms. The van der Waals surface area contributed by atoms with Crippen LogP contribution >= 0.6 is 0 Å². The molecule has 0 aliphatic carbocycles. The number of hydrogen-bond donors (Lipinski definition) is 1. The lowest BCUT2D eigenvalue weighted by Gasteiger charge is -2.31. The first kappa shape index (κ1) is 22.5.